The van der Waals surface area contributed by atoms with Gasteiger partial charge in [0.05, 0.1) is 12.0 Å². The van der Waals surface area contributed by atoms with Crippen molar-refractivity contribution in [3.8, 4) is 0 Å². The largest absolute Gasteiger partial charge is 1.00 e. The molecule has 0 saturated carbocycles. The Hall–Kier alpha value is 0.990. The fourth-order valence-corrected chi connectivity index (χ4v) is 3.01. The van der Waals surface area contributed by atoms with Crippen LogP contribution in [0, 0.1) is 0 Å². The number of unbranched alkanes of at least 4 members (excludes halogenated alkanes) is 1. The second-order valence-corrected chi connectivity index (χ2v) is 6.80. The molecule has 1 unspecified atom stereocenters. The summed E-state index contributed by atoms with van der Waals surface area (Å²) in [6, 6.07) is -0.878. The molecule has 0 aliphatic rings. The van der Waals surface area contributed by atoms with E-state index in [0.717, 1.165) is 31.4 Å². The Labute approximate surface area is 165 Å². The molecule has 2 atom stereocenters. The number of amides is 1. The molecular weight excluding hydrogens is 337 g/mol. The van der Waals surface area contributed by atoms with Crippen LogP contribution in [-0.4, -0.2) is 40.9 Å². The van der Waals surface area contributed by atoms with E-state index in [4.69, 9.17) is 0 Å². The summed E-state index contributed by atoms with van der Waals surface area (Å²) in [5, 5.41) is 13.7. The van der Waals surface area contributed by atoms with Gasteiger partial charge in [-0.05, 0) is 43.4 Å². The molecule has 0 spiro atoms. The van der Waals surface area contributed by atoms with Gasteiger partial charge in [-0.25, -0.2) is 0 Å². The molecule has 1 N–H and O–H groups in total. The quantitative estimate of drug-likeness (QED) is 0.217. The maximum Gasteiger partial charge on any atom is 1.00 e. The first-order chi connectivity index (χ1) is 9.51. The van der Waals surface area contributed by atoms with Gasteiger partial charge in [-0.2, -0.15) is 37.0 Å². The van der Waals surface area contributed by atoms with Crippen LogP contribution in [-0.2, 0) is 9.59 Å². The van der Waals surface area contributed by atoms with Gasteiger partial charge in [0.2, 0.25) is 5.91 Å². The van der Waals surface area contributed by atoms with Gasteiger partial charge < -0.3 is 15.2 Å². The number of rotatable bonds is 12. The Balaban J connectivity index is 0. The monoisotopic (exact) mass is 361 g/mol. The summed E-state index contributed by atoms with van der Waals surface area (Å²) in [4.78, 5) is 22.5. The molecule has 0 saturated heterocycles. The average molecular weight is 362 g/mol. The second kappa shape index (κ2) is 15.9. The van der Waals surface area contributed by atoms with Crippen LogP contribution >= 0.6 is 37.0 Å². The van der Waals surface area contributed by atoms with Crippen LogP contribution in [0.4, 0.5) is 0 Å². The van der Waals surface area contributed by atoms with Crippen LogP contribution in [0.25, 0.3) is 0 Å². The molecule has 1 amide bonds. The number of aliphatic carboxylic acids is 1. The minimum absolute atomic E-state index is 0. The first-order valence-electron chi connectivity index (χ1n) is 6.79. The summed E-state index contributed by atoms with van der Waals surface area (Å²) < 4.78 is 0. The summed E-state index contributed by atoms with van der Waals surface area (Å²) in [6.45, 7) is 0. The van der Waals surface area contributed by atoms with Gasteiger partial charge in [-0.3, -0.25) is 4.79 Å². The number of carbonyl (C=O) groups is 2. The van der Waals surface area contributed by atoms with Gasteiger partial charge >= 0.3 is 29.6 Å². The van der Waals surface area contributed by atoms with E-state index in [1.807, 2.05) is 6.26 Å². The average Bonchev–Trinajstić information content (AvgIpc) is 2.39. The smallest absolute Gasteiger partial charge is 0.548 e. The number of carbonyl (C=O) groups excluding carboxylic acids is 2. The molecule has 0 aromatic rings. The number of hydrogen-bond donors (Lipinski definition) is 3. The van der Waals surface area contributed by atoms with Crippen molar-refractivity contribution in [1.82, 2.24) is 5.32 Å². The van der Waals surface area contributed by atoms with Gasteiger partial charge in [-0.1, -0.05) is 6.42 Å². The Bertz CT molecular complexity index is 296. The third kappa shape index (κ3) is 14.3. The number of carboxylic acid groups (broad SMARTS) is 1. The minimum atomic E-state index is -1.21. The fourth-order valence-electron chi connectivity index (χ4n) is 1.71. The van der Waals surface area contributed by atoms with Crippen LogP contribution in [0.5, 0.6) is 0 Å². The summed E-state index contributed by atoms with van der Waals surface area (Å²) in [5.41, 5.74) is 0. The van der Waals surface area contributed by atoms with Crippen molar-refractivity contribution < 1.29 is 44.3 Å². The van der Waals surface area contributed by atoms with E-state index in [0.29, 0.717) is 23.8 Å². The van der Waals surface area contributed by atoms with Crippen LogP contribution in [0.3, 0.4) is 0 Å². The molecule has 0 radical (unpaired) electrons. The van der Waals surface area contributed by atoms with Gasteiger partial charge in [0.1, 0.15) is 0 Å². The number of hydrogen-bond acceptors (Lipinski definition) is 6. The SMILES string of the molecule is CSCC[C@H](NC(=O)CCCCC(S)CCS)C(=O)[O-].[Na+]. The second-order valence-electron chi connectivity index (χ2n) is 4.63. The first-order valence-corrected chi connectivity index (χ1v) is 9.33. The maximum atomic E-state index is 11.7. The van der Waals surface area contributed by atoms with Crippen molar-refractivity contribution >= 4 is 48.9 Å². The van der Waals surface area contributed by atoms with E-state index < -0.39 is 12.0 Å². The molecule has 0 fully saturated rings. The van der Waals surface area contributed by atoms with Crippen LogP contribution in [0.1, 0.15) is 38.5 Å². The Kier molecular flexibility index (Phi) is 18.3. The summed E-state index contributed by atoms with van der Waals surface area (Å²) in [7, 11) is 0. The van der Waals surface area contributed by atoms with E-state index in [1.54, 1.807) is 11.8 Å². The number of thiol groups is 2. The molecule has 21 heavy (non-hydrogen) atoms. The topological polar surface area (TPSA) is 69.2 Å². The molecule has 4 nitrogen and oxygen atoms in total. The van der Waals surface area contributed by atoms with Gasteiger partial charge in [-0.15, -0.1) is 0 Å². The number of carboxylic acids is 1. The molecule has 0 rings (SSSR count). The summed E-state index contributed by atoms with van der Waals surface area (Å²) >= 11 is 10.1. The third-order valence-electron chi connectivity index (χ3n) is 2.88. The summed E-state index contributed by atoms with van der Waals surface area (Å²) in [6.07, 6.45) is 6.22. The number of nitrogens with one attached hydrogen (secondary N) is 1. The van der Waals surface area contributed by atoms with Crippen LogP contribution in [0.2, 0.25) is 0 Å². The number of thioether (sulfide) groups is 1. The fraction of sp³-hybridized carbons (Fsp3) is 0.846. The van der Waals surface area contributed by atoms with E-state index in [2.05, 4.69) is 30.6 Å². The zero-order chi connectivity index (χ0) is 15.4. The van der Waals surface area contributed by atoms with E-state index in [1.165, 1.54) is 0 Å². The van der Waals surface area contributed by atoms with E-state index >= 15 is 0 Å². The Morgan fingerprint density at radius 2 is 1.90 bits per heavy atom. The zero-order valence-corrected chi connectivity index (χ0v) is 17.4. The van der Waals surface area contributed by atoms with E-state index in [9.17, 15) is 14.7 Å². The van der Waals surface area contributed by atoms with Gasteiger partial charge in [0, 0.05) is 11.7 Å². The molecule has 0 aromatic carbocycles. The van der Waals surface area contributed by atoms with E-state index in [-0.39, 0.29) is 35.5 Å². The van der Waals surface area contributed by atoms with Crippen LogP contribution in [0.15, 0.2) is 0 Å². The first kappa shape index (κ1) is 24.2. The molecular formula is C13H24NNaO3S3. The van der Waals surface area contributed by atoms with Gasteiger partial charge in [0.15, 0.2) is 0 Å². The maximum absolute atomic E-state index is 11.7. The normalized spacial score (nSPS) is 13.1. The molecule has 8 heteroatoms. The Morgan fingerprint density at radius 3 is 2.43 bits per heavy atom. The predicted octanol–water partition coefficient (Wildman–Crippen LogP) is -1.84. The van der Waals surface area contributed by atoms with Crippen molar-refractivity contribution in [2.75, 3.05) is 17.8 Å². The van der Waals surface area contributed by atoms with Crippen molar-refractivity contribution in [2.45, 2.75) is 49.8 Å². The molecule has 0 heterocycles. The third-order valence-corrected chi connectivity index (χ3v) is 4.30. The summed E-state index contributed by atoms with van der Waals surface area (Å²) in [5.74, 6) is 0.0725. The predicted molar refractivity (Wildman–Crippen MR) is 89.6 cm³/mol. The molecule has 0 aromatic heterocycles. The van der Waals surface area contributed by atoms with Crippen LogP contribution < -0.4 is 40.0 Å². The Morgan fingerprint density at radius 1 is 1.24 bits per heavy atom. The van der Waals surface area contributed by atoms with Crippen molar-refractivity contribution in [3.63, 3.8) is 0 Å². The molecule has 0 bridgehead atoms. The van der Waals surface area contributed by atoms with Gasteiger partial charge in [0.25, 0.3) is 0 Å². The minimum Gasteiger partial charge on any atom is -0.548 e. The van der Waals surface area contributed by atoms with Crippen molar-refractivity contribution in [1.29, 1.82) is 0 Å². The van der Waals surface area contributed by atoms with Crippen molar-refractivity contribution in [2.24, 2.45) is 0 Å². The standard InChI is InChI=1S/C13H25NO3S3.Na/c1-20-9-7-11(13(16)17)14-12(15)5-3-2-4-10(19)6-8-18;/h10-11,18-19H,2-9H2,1H3,(H,14,15)(H,16,17);/q;+1/p-1/t10?,11-;/m0./s1. The zero-order valence-electron chi connectivity index (χ0n) is 12.8. The molecule has 0 aliphatic heterocycles. The molecule has 0 aliphatic carbocycles. The molecule has 118 valence electrons. The van der Waals surface area contributed by atoms with Crippen molar-refractivity contribution in [3.05, 3.63) is 0 Å².